The van der Waals surface area contributed by atoms with Gasteiger partial charge >= 0.3 is 0 Å². The quantitative estimate of drug-likeness (QED) is 0.349. The predicted octanol–water partition coefficient (Wildman–Crippen LogP) is 3.83. The Morgan fingerprint density at radius 1 is 1.00 bits per heavy atom. The van der Waals surface area contributed by atoms with E-state index in [4.69, 9.17) is 16.3 Å². The minimum Gasteiger partial charge on any atom is -0.489 e. The average Bonchev–Trinajstić information content (AvgIpc) is 3.27. The van der Waals surface area contributed by atoms with Crippen molar-refractivity contribution in [2.24, 2.45) is 0 Å². The van der Waals surface area contributed by atoms with E-state index in [2.05, 4.69) is 20.1 Å². The van der Waals surface area contributed by atoms with Crippen molar-refractivity contribution in [2.75, 3.05) is 11.0 Å². The highest BCUT2D eigenvalue weighted by Crippen LogP contribution is 2.20. The van der Waals surface area contributed by atoms with Crippen LogP contribution in [0, 0.1) is 0 Å². The Hall–Kier alpha value is -3.76. The minimum atomic E-state index is -3.38. The first-order valence-corrected chi connectivity index (χ1v) is 12.4. The fourth-order valence-corrected chi connectivity index (χ4v) is 3.72. The molecule has 0 saturated heterocycles. The molecule has 0 aliphatic carbocycles. The molecule has 1 aromatic heterocycles. The number of nitrogens with one attached hydrogen (secondary N) is 1. The van der Waals surface area contributed by atoms with Gasteiger partial charge in [0.05, 0.1) is 6.26 Å². The second-order valence-corrected chi connectivity index (χ2v) is 9.64. The first-order chi connectivity index (χ1) is 16.2. The fraction of sp³-hybridized carbons (Fsp3) is 0.130. The summed E-state index contributed by atoms with van der Waals surface area (Å²) < 4.78 is 30.7. The Labute approximate surface area is 201 Å². The van der Waals surface area contributed by atoms with E-state index in [0.717, 1.165) is 17.4 Å². The fourth-order valence-electron chi connectivity index (χ4n) is 3.03. The summed E-state index contributed by atoms with van der Waals surface area (Å²) in [5.41, 5.74) is 2.51. The van der Waals surface area contributed by atoms with E-state index < -0.39 is 10.0 Å². The van der Waals surface area contributed by atoms with Crippen LogP contribution >= 0.6 is 11.6 Å². The molecule has 0 aliphatic heterocycles. The van der Waals surface area contributed by atoms with Crippen LogP contribution in [-0.2, 0) is 23.2 Å². The largest absolute Gasteiger partial charge is 0.489 e. The predicted molar refractivity (Wildman–Crippen MR) is 128 cm³/mol. The summed E-state index contributed by atoms with van der Waals surface area (Å²) in [6, 6.07) is 20.8. The van der Waals surface area contributed by atoms with Gasteiger partial charge in [-0.2, -0.15) is 4.80 Å². The number of Topliss-reactive ketones (excluding diaryl/α,β-unsaturated/α-hetero) is 1. The lowest BCUT2D eigenvalue weighted by Crippen LogP contribution is -2.14. The van der Waals surface area contributed by atoms with Gasteiger partial charge in [0.15, 0.2) is 5.78 Å². The summed E-state index contributed by atoms with van der Waals surface area (Å²) in [6.07, 6.45) is 1.06. The van der Waals surface area contributed by atoms with Gasteiger partial charge in [-0.15, -0.1) is 10.2 Å². The van der Waals surface area contributed by atoms with Crippen LogP contribution in [-0.4, -0.2) is 40.7 Å². The monoisotopic (exact) mass is 497 g/mol. The second-order valence-electron chi connectivity index (χ2n) is 7.46. The number of halogens is 1. The number of sulfonamides is 1. The first-order valence-electron chi connectivity index (χ1n) is 10.1. The van der Waals surface area contributed by atoms with Gasteiger partial charge in [-0.3, -0.25) is 9.52 Å². The Morgan fingerprint density at radius 3 is 2.32 bits per heavy atom. The normalized spacial score (nSPS) is 11.2. The van der Waals surface area contributed by atoms with Gasteiger partial charge < -0.3 is 4.74 Å². The molecule has 0 spiro atoms. The highest BCUT2D eigenvalue weighted by Gasteiger charge is 2.12. The molecule has 9 nitrogen and oxygen atoms in total. The van der Waals surface area contributed by atoms with Gasteiger partial charge in [0, 0.05) is 21.8 Å². The lowest BCUT2D eigenvalue weighted by Gasteiger charge is -2.06. The Morgan fingerprint density at radius 2 is 1.68 bits per heavy atom. The highest BCUT2D eigenvalue weighted by atomic mass is 35.5. The molecular formula is C23H20ClN5O4S. The third-order valence-electron chi connectivity index (χ3n) is 4.68. The molecule has 174 valence electrons. The van der Waals surface area contributed by atoms with Gasteiger partial charge in [-0.05, 0) is 71.4 Å². The SMILES string of the molecule is CS(=O)(=O)Nc1ccc(C(=O)Cn2nnc(-c3ccc(OCc4ccc(Cl)cc4)cc3)n2)cc1. The Balaban J connectivity index is 1.35. The zero-order chi connectivity index (χ0) is 24.1. The minimum absolute atomic E-state index is 0.103. The van der Waals surface area contributed by atoms with Crippen molar-refractivity contribution in [1.29, 1.82) is 0 Å². The molecule has 1 N–H and O–H groups in total. The third-order valence-corrected chi connectivity index (χ3v) is 5.54. The van der Waals surface area contributed by atoms with Crippen molar-refractivity contribution in [2.45, 2.75) is 13.2 Å². The summed E-state index contributed by atoms with van der Waals surface area (Å²) in [7, 11) is -3.38. The molecule has 34 heavy (non-hydrogen) atoms. The molecule has 4 rings (SSSR count). The van der Waals surface area contributed by atoms with Gasteiger partial charge in [0.2, 0.25) is 15.8 Å². The highest BCUT2D eigenvalue weighted by molar-refractivity contribution is 7.92. The average molecular weight is 498 g/mol. The summed E-state index contributed by atoms with van der Waals surface area (Å²) in [4.78, 5) is 13.7. The maximum atomic E-state index is 12.5. The molecule has 0 fully saturated rings. The standard InChI is InChI=1S/C23H20ClN5O4S/c1-34(31,32)27-20-10-4-17(5-11-20)22(30)14-29-26-23(25-28-29)18-6-12-21(13-7-18)33-15-16-2-8-19(24)9-3-16/h2-13,27H,14-15H2,1H3. The molecule has 4 aromatic rings. The maximum Gasteiger partial charge on any atom is 0.229 e. The molecular weight excluding hydrogens is 478 g/mol. The summed E-state index contributed by atoms with van der Waals surface area (Å²) in [5, 5.41) is 12.9. The topological polar surface area (TPSA) is 116 Å². The number of benzene rings is 3. The first kappa shape index (κ1) is 23.4. The molecule has 0 radical (unpaired) electrons. The van der Waals surface area contributed by atoms with Crippen LogP contribution in [0.1, 0.15) is 15.9 Å². The van der Waals surface area contributed by atoms with E-state index in [1.54, 1.807) is 0 Å². The van der Waals surface area contributed by atoms with Crippen LogP contribution < -0.4 is 9.46 Å². The summed E-state index contributed by atoms with van der Waals surface area (Å²) in [6.45, 7) is 0.312. The zero-order valence-electron chi connectivity index (χ0n) is 18.1. The number of carbonyl (C=O) groups excluding carboxylic acids is 1. The number of hydrogen-bond acceptors (Lipinski definition) is 7. The van der Waals surface area contributed by atoms with Crippen LogP contribution in [0.15, 0.2) is 72.8 Å². The van der Waals surface area contributed by atoms with E-state index >= 15 is 0 Å². The number of carbonyl (C=O) groups is 1. The molecule has 1 heterocycles. The summed E-state index contributed by atoms with van der Waals surface area (Å²) >= 11 is 5.89. The van der Waals surface area contributed by atoms with Crippen molar-refractivity contribution in [3.05, 3.63) is 88.9 Å². The van der Waals surface area contributed by atoms with E-state index in [0.29, 0.717) is 34.5 Å². The van der Waals surface area contributed by atoms with Gasteiger partial charge in [-0.25, -0.2) is 8.42 Å². The van der Waals surface area contributed by atoms with E-state index in [-0.39, 0.29) is 12.3 Å². The molecule has 0 aliphatic rings. The molecule has 0 atom stereocenters. The van der Waals surface area contributed by atoms with Crippen LogP contribution in [0.25, 0.3) is 11.4 Å². The lowest BCUT2D eigenvalue weighted by molar-refractivity contribution is 0.0961. The van der Waals surface area contributed by atoms with Gasteiger partial charge in [-0.1, -0.05) is 23.7 Å². The van der Waals surface area contributed by atoms with Gasteiger partial charge in [0.1, 0.15) is 18.9 Å². The molecule has 11 heteroatoms. The van der Waals surface area contributed by atoms with Gasteiger partial charge in [0.25, 0.3) is 0 Å². The molecule has 0 bridgehead atoms. The van der Waals surface area contributed by atoms with Crippen LogP contribution in [0.4, 0.5) is 5.69 Å². The van der Waals surface area contributed by atoms with Crippen LogP contribution in [0.2, 0.25) is 5.02 Å². The van der Waals surface area contributed by atoms with Crippen LogP contribution in [0.3, 0.4) is 0 Å². The van der Waals surface area contributed by atoms with Crippen LogP contribution in [0.5, 0.6) is 5.75 Å². The third kappa shape index (κ3) is 6.40. The Bertz CT molecular complexity index is 1390. The molecule has 0 amide bonds. The molecule has 3 aromatic carbocycles. The number of aromatic nitrogens is 4. The van der Waals surface area contributed by atoms with Crippen molar-refractivity contribution >= 4 is 33.1 Å². The number of nitrogens with zero attached hydrogens (tertiary/aromatic N) is 4. The maximum absolute atomic E-state index is 12.5. The number of anilines is 1. The summed E-state index contributed by atoms with van der Waals surface area (Å²) in [5.74, 6) is 0.834. The van der Waals surface area contributed by atoms with E-state index in [1.807, 2.05) is 48.5 Å². The number of tetrazole rings is 1. The lowest BCUT2D eigenvalue weighted by atomic mass is 10.1. The number of hydrogen-bond donors (Lipinski definition) is 1. The van der Waals surface area contributed by atoms with Crippen molar-refractivity contribution in [3.8, 4) is 17.1 Å². The molecule has 0 saturated carbocycles. The van der Waals surface area contributed by atoms with Crippen molar-refractivity contribution in [1.82, 2.24) is 20.2 Å². The van der Waals surface area contributed by atoms with E-state index in [1.165, 1.54) is 29.1 Å². The Kier molecular flexibility index (Phi) is 6.90. The van der Waals surface area contributed by atoms with E-state index in [9.17, 15) is 13.2 Å². The smallest absolute Gasteiger partial charge is 0.229 e. The van der Waals surface area contributed by atoms with Crippen molar-refractivity contribution in [3.63, 3.8) is 0 Å². The van der Waals surface area contributed by atoms with Crippen molar-refractivity contribution < 1.29 is 17.9 Å². The second kappa shape index (κ2) is 10.0. The molecule has 0 unspecified atom stereocenters. The number of ether oxygens (including phenoxy) is 1. The number of rotatable bonds is 9. The zero-order valence-corrected chi connectivity index (χ0v) is 19.6. The number of ketones is 1.